The molecule has 0 aliphatic carbocycles. The van der Waals surface area contributed by atoms with Crippen LogP contribution in [-0.2, 0) is 9.59 Å². The van der Waals surface area contributed by atoms with Crippen LogP contribution in [0.2, 0.25) is 0 Å². The maximum Gasteiger partial charge on any atom is 0.244 e. The van der Waals surface area contributed by atoms with Crippen LogP contribution in [0.3, 0.4) is 0 Å². The van der Waals surface area contributed by atoms with Gasteiger partial charge in [-0.2, -0.15) is 0 Å². The smallest absolute Gasteiger partial charge is 0.244 e. The molecule has 0 aromatic heterocycles. The zero-order valence-corrected chi connectivity index (χ0v) is 14.4. The van der Waals surface area contributed by atoms with Crippen LogP contribution in [0.15, 0.2) is 48.5 Å². The van der Waals surface area contributed by atoms with Gasteiger partial charge in [0.1, 0.15) is 5.82 Å². The van der Waals surface area contributed by atoms with Crippen molar-refractivity contribution in [1.82, 2.24) is 5.32 Å². The maximum absolute atomic E-state index is 13.0. The summed E-state index contributed by atoms with van der Waals surface area (Å²) in [5, 5.41) is 2.82. The predicted molar refractivity (Wildman–Crippen MR) is 96.9 cm³/mol. The minimum atomic E-state index is -0.357. The zero-order chi connectivity index (χ0) is 18.8. The van der Waals surface area contributed by atoms with E-state index in [1.54, 1.807) is 35.2 Å². The molecule has 0 radical (unpaired) electrons. The number of halogens is 1. The van der Waals surface area contributed by atoms with E-state index < -0.39 is 0 Å². The van der Waals surface area contributed by atoms with Crippen LogP contribution in [0, 0.1) is 5.82 Å². The molecule has 0 unspecified atom stereocenters. The molecule has 27 heavy (non-hydrogen) atoms. The quantitative estimate of drug-likeness (QED) is 0.842. The Bertz CT molecular complexity index is 911. The maximum atomic E-state index is 13.0. The highest BCUT2D eigenvalue weighted by Gasteiger charge is 2.31. The molecule has 0 bridgehead atoms. The molecular weight excluding hydrogens is 351 g/mol. The molecule has 2 aliphatic heterocycles. The van der Waals surface area contributed by atoms with Gasteiger partial charge in [-0.3, -0.25) is 9.59 Å². The number of nitrogens with zero attached hydrogens (tertiary/aromatic N) is 1. The third kappa shape index (κ3) is 3.76. The second-order valence-corrected chi connectivity index (χ2v) is 6.34. The minimum Gasteiger partial charge on any atom is -0.454 e. The summed E-state index contributed by atoms with van der Waals surface area (Å²) >= 11 is 0. The number of rotatable bonds is 4. The van der Waals surface area contributed by atoms with Gasteiger partial charge in [0.25, 0.3) is 0 Å². The summed E-state index contributed by atoms with van der Waals surface area (Å²) in [6, 6.07) is 10.8. The molecule has 0 saturated carbocycles. The number of anilines is 1. The van der Waals surface area contributed by atoms with Gasteiger partial charge >= 0.3 is 0 Å². The van der Waals surface area contributed by atoms with E-state index in [0.717, 1.165) is 5.56 Å². The van der Waals surface area contributed by atoms with Crippen LogP contribution in [0.5, 0.6) is 11.5 Å². The molecule has 1 atom stereocenters. The van der Waals surface area contributed by atoms with E-state index in [-0.39, 0.29) is 36.9 Å². The fraction of sp³-hybridized carbons (Fsp3) is 0.200. The van der Waals surface area contributed by atoms with Crippen LogP contribution in [0.1, 0.15) is 12.0 Å². The van der Waals surface area contributed by atoms with Gasteiger partial charge < -0.3 is 19.7 Å². The normalized spacial score (nSPS) is 18.3. The molecular formula is C20H17FN2O4. The SMILES string of the molecule is O=C(/C=C\c1ccc2c(c1)OCO2)N[C@H]1CC(=O)N(c2ccc(F)cc2)C1. The number of ether oxygens (including phenoxy) is 2. The van der Waals surface area contributed by atoms with Crippen molar-refractivity contribution in [3.8, 4) is 11.5 Å². The first-order valence-corrected chi connectivity index (χ1v) is 8.53. The average Bonchev–Trinajstić information content (AvgIpc) is 3.26. The number of hydrogen-bond acceptors (Lipinski definition) is 4. The molecule has 0 spiro atoms. The predicted octanol–water partition coefficient (Wildman–Crippen LogP) is 2.49. The summed E-state index contributed by atoms with van der Waals surface area (Å²) in [5.74, 6) is 0.581. The number of nitrogens with one attached hydrogen (secondary N) is 1. The van der Waals surface area contributed by atoms with Crippen LogP contribution in [-0.4, -0.2) is 31.2 Å². The Kier molecular flexibility index (Phi) is 4.50. The fourth-order valence-corrected chi connectivity index (χ4v) is 3.11. The number of carbonyl (C=O) groups excluding carboxylic acids is 2. The minimum absolute atomic E-state index is 0.105. The van der Waals surface area contributed by atoms with Gasteiger partial charge in [0, 0.05) is 24.7 Å². The van der Waals surface area contributed by atoms with Crippen molar-refractivity contribution in [3.05, 3.63) is 59.9 Å². The molecule has 2 heterocycles. The molecule has 7 heteroatoms. The second kappa shape index (κ2) is 7.11. The Labute approximate surface area is 155 Å². The topological polar surface area (TPSA) is 67.9 Å². The summed E-state index contributed by atoms with van der Waals surface area (Å²) in [6.07, 6.45) is 3.30. The number of benzene rings is 2. The molecule has 4 rings (SSSR count). The summed E-state index contributed by atoms with van der Waals surface area (Å²) in [6.45, 7) is 0.553. The summed E-state index contributed by atoms with van der Waals surface area (Å²) in [5.41, 5.74) is 1.43. The van der Waals surface area contributed by atoms with Crippen molar-refractivity contribution in [2.45, 2.75) is 12.5 Å². The third-order valence-electron chi connectivity index (χ3n) is 4.43. The van der Waals surface area contributed by atoms with Crippen molar-refractivity contribution >= 4 is 23.6 Å². The van der Waals surface area contributed by atoms with E-state index in [1.165, 1.54) is 18.2 Å². The van der Waals surface area contributed by atoms with Crippen molar-refractivity contribution in [2.75, 3.05) is 18.2 Å². The highest BCUT2D eigenvalue weighted by molar-refractivity contribution is 5.98. The lowest BCUT2D eigenvalue weighted by Crippen LogP contribution is -2.36. The standard InChI is InChI=1S/C20H17FN2O4/c21-14-3-5-16(6-4-14)23-11-15(10-20(23)25)22-19(24)8-2-13-1-7-17-18(9-13)27-12-26-17/h1-9,15H,10-12H2,(H,22,24)/b8-2-/t15-/m0/s1. The van der Waals surface area contributed by atoms with Gasteiger partial charge in [-0.25, -0.2) is 4.39 Å². The van der Waals surface area contributed by atoms with Gasteiger partial charge in [0.2, 0.25) is 18.6 Å². The van der Waals surface area contributed by atoms with E-state index in [2.05, 4.69) is 5.32 Å². The van der Waals surface area contributed by atoms with Crippen LogP contribution < -0.4 is 19.7 Å². The second-order valence-electron chi connectivity index (χ2n) is 6.34. The van der Waals surface area contributed by atoms with Gasteiger partial charge in [-0.05, 0) is 48.0 Å². The summed E-state index contributed by atoms with van der Waals surface area (Å²) in [7, 11) is 0. The molecule has 1 N–H and O–H groups in total. The highest BCUT2D eigenvalue weighted by Crippen LogP contribution is 2.32. The fourth-order valence-electron chi connectivity index (χ4n) is 3.11. The highest BCUT2D eigenvalue weighted by atomic mass is 19.1. The van der Waals surface area contributed by atoms with E-state index in [0.29, 0.717) is 23.7 Å². The molecule has 2 aromatic carbocycles. The lowest BCUT2D eigenvalue weighted by atomic mass is 10.2. The average molecular weight is 368 g/mol. The van der Waals surface area contributed by atoms with Gasteiger partial charge in [-0.1, -0.05) is 6.07 Å². The van der Waals surface area contributed by atoms with Gasteiger partial charge in [-0.15, -0.1) is 0 Å². The van der Waals surface area contributed by atoms with Crippen molar-refractivity contribution < 1.29 is 23.5 Å². The first-order valence-electron chi connectivity index (χ1n) is 8.53. The van der Waals surface area contributed by atoms with E-state index in [1.807, 2.05) is 6.07 Å². The molecule has 2 amide bonds. The van der Waals surface area contributed by atoms with Crippen LogP contribution >= 0.6 is 0 Å². The summed E-state index contributed by atoms with van der Waals surface area (Å²) in [4.78, 5) is 25.9. The lowest BCUT2D eigenvalue weighted by Gasteiger charge is -2.16. The van der Waals surface area contributed by atoms with Crippen LogP contribution in [0.4, 0.5) is 10.1 Å². The van der Waals surface area contributed by atoms with Crippen molar-refractivity contribution in [3.63, 3.8) is 0 Å². The Hall–Kier alpha value is -3.35. The largest absolute Gasteiger partial charge is 0.454 e. The Morgan fingerprint density at radius 3 is 2.74 bits per heavy atom. The number of fused-ring (bicyclic) bond motifs is 1. The van der Waals surface area contributed by atoms with E-state index in [9.17, 15) is 14.0 Å². The number of carbonyl (C=O) groups is 2. The molecule has 2 aromatic rings. The Morgan fingerprint density at radius 1 is 1.15 bits per heavy atom. The summed E-state index contributed by atoms with van der Waals surface area (Å²) < 4.78 is 23.6. The lowest BCUT2D eigenvalue weighted by molar-refractivity contribution is -0.117. The van der Waals surface area contributed by atoms with E-state index in [4.69, 9.17) is 9.47 Å². The van der Waals surface area contributed by atoms with Crippen molar-refractivity contribution in [1.29, 1.82) is 0 Å². The number of amides is 2. The molecule has 2 aliphatic rings. The Balaban J connectivity index is 1.36. The van der Waals surface area contributed by atoms with Crippen LogP contribution in [0.25, 0.3) is 6.08 Å². The zero-order valence-electron chi connectivity index (χ0n) is 14.4. The monoisotopic (exact) mass is 368 g/mol. The third-order valence-corrected chi connectivity index (χ3v) is 4.43. The first kappa shape index (κ1) is 17.1. The molecule has 1 saturated heterocycles. The first-order chi connectivity index (χ1) is 13.1. The molecule has 6 nitrogen and oxygen atoms in total. The van der Waals surface area contributed by atoms with Gasteiger partial charge in [0.05, 0.1) is 6.04 Å². The molecule has 1 fully saturated rings. The van der Waals surface area contributed by atoms with E-state index >= 15 is 0 Å². The molecule has 138 valence electrons. The van der Waals surface area contributed by atoms with Crippen molar-refractivity contribution in [2.24, 2.45) is 0 Å². The van der Waals surface area contributed by atoms with Gasteiger partial charge in [0.15, 0.2) is 11.5 Å². The Morgan fingerprint density at radius 2 is 1.93 bits per heavy atom. The number of hydrogen-bond donors (Lipinski definition) is 1.